The fourth-order valence-corrected chi connectivity index (χ4v) is 3.85. The summed E-state index contributed by atoms with van der Waals surface area (Å²) in [6.07, 6.45) is 4.77. The van der Waals surface area contributed by atoms with Gasteiger partial charge in [-0.15, -0.1) is 0 Å². The molecule has 1 heterocycles. The van der Waals surface area contributed by atoms with Gasteiger partial charge in [0.05, 0.1) is 15.6 Å². The fraction of sp³-hybridized carbons (Fsp3) is 0.250. The van der Waals surface area contributed by atoms with Gasteiger partial charge in [-0.1, -0.05) is 71.2 Å². The second kappa shape index (κ2) is 9.38. The maximum Gasteiger partial charge on any atom is 0.338 e. The van der Waals surface area contributed by atoms with Crippen LogP contribution in [-0.4, -0.2) is 11.1 Å². The van der Waals surface area contributed by atoms with Crippen molar-refractivity contribution in [3.05, 3.63) is 75.5 Å². The fourth-order valence-electron chi connectivity index (χ4n) is 3.39. The van der Waals surface area contributed by atoms with Crippen LogP contribution in [0.25, 0.3) is 11.3 Å². The molecule has 4 rings (SSSR count). The molecule has 0 spiro atoms. The first kappa shape index (κ1) is 20.5. The van der Waals surface area contributed by atoms with Crippen LogP contribution in [0.15, 0.2) is 53.1 Å². The van der Waals surface area contributed by atoms with Crippen molar-refractivity contribution >= 4 is 29.2 Å². The molecular formula is C24H19Cl2NO3. The summed E-state index contributed by atoms with van der Waals surface area (Å²) in [6, 6.07) is 14.0. The first-order valence-electron chi connectivity index (χ1n) is 9.79. The van der Waals surface area contributed by atoms with Gasteiger partial charge in [-0.3, -0.25) is 0 Å². The van der Waals surface area contributed by atoms with Crippen LogP contribution in [0.3, 0.4) is 0 Å². The van der Waals surface area contributed by atoms with E-state index in [4.69, 9.17) is 32.5 Å². The minimum Gasteiger partial charge on any atom is -0.454 e. The largest absolute Gasteiger partial charge is 0.454 e. The van der Waals surface area contributed by atoms with Gasteiger partial charge in [0, 0.05) is 23.1 Å². The molecule has 1 fully saturated rings. The minimum atomic E-state index is -0.497. The van der Waals surface area contributed by atoms with E-state index in [1.807, 2.05) is 18.2 Å². The van der Waals surface area contributed by atoms with Crippen LogP contribution in [0.4, 0.5) is 0 Å². The third-order valence-corrected chi connectivity index (χ3v) is 5.67. The zero-order chi connectivity index (χ0) is 20.9. The Balaban J connectivity index is 1.38. The number of hydrogen-bond acceptors (Lipinski definition) is 4. The second-order valence-corrected chi connectivity index (χ2v) is 7.99. The quantitative estimate of drug-likeness (QED) is 0.341. The first-order valence-corrected chi connectivity index (χ1v) is 10.5. The number of hydrogen-bond donors (Lipinski definition) is 0. The van der Waals surface area contributed by atoms with Crippen molar-refractivity contribution < 1.29 is 14.1 Å². The highest BCUT2D eigenvalue weighted by Crippen LogP contribution is 2.27. The second-order valence-electron chi connectivity index (χ2n) is 7.18. The lowest BCUT2D eigenvalue weighted by Gasteiger charge is -2.04. The molecule has 0 amide bonds. The average Bonchev–Trinajstić information content (AvgIpc) is 3.43. The molecular weight excluding hydrogens is 421 g/mol. The maximum atomic E-state index is 12.4. The number of halogens is 2. The molecule has 30 heavy (non-hydrogen) atoms. The highest BCUT2D eigenvalue weighted by molar-refractivity contribution is 6.33. The Hall–Kier alpha value is -2.74. The highest BCUT2D eigenvalue weighted by atomic mass is 35.5. The van der Waals surface area contributed by atoms with E-state index in [1.165, 1.54) is 12.8 Å². The van der Waals surface area contributed by atoms with Crippen molar-refractivity contribution in [2.75, 3.05) is 0 Å². The van der Waals surface area contributed by atoms with Crippen molar-refractivity contribution in [1.29, 1.82) is 0 Å². The van der Waals surface area contributed by atoms with Gasteiger partial charge < -0.3 is 9.26 Å². The summed E-state index contributed by atoms with van der Waals surface area (Å²) in [5.41, 5.74) is 2.42. The normalized spacial score (nSPS) is 13.7. The van der Waals surface area contributed by atoms with Crippen LogP contribution in [0.2, 0.25) is 10.0 Å². The lowest BCUT2D eigenvalue weighted by molar-refractivity contribution is 0.0437. The number of esters is 1. The topological polar surface area (TPSA) is 52.3 Å². The van der Waals surface area contributed by atoms with Gasteiger partial charge in [0.15, 0.2) is 12.4 Å². The smallest absolute Gasteiger partial charge is 0.338 e. The van der Waals surface area contributed by atoms with E-state index in [0.29, 0.717) is 33.0 Å². The summed E-state index contributed by atoms with van der Waals surface area (Å²) in [5, 5.41) is 5.00. The molecule has 0 unspecified atom stereocenters. The van der Waals surface area contributed by atoms with Crippen LogP contribution < -0.4 is 0 Å². The Kier molecular flexibility index (Phi) is 6.42. The highest BCUT2D eigenvalue weighted by Gasteiger charge is 2.14. The molecule has 1 aromatic heterocycles. The van der Waals surface area contributed by atoms with Gasteiger partial charge in [-0.25, -0.2) is 4.79 Å². The molecule has 3 aromatic rings. The van der Waals surface area contributed by atoms with Crippen LogP contribution in [0, 0.1) is 17.8 Å². The number of benzene rings is 2. The number of carbonyl (C=O) groups excluding carboxylic acids is 1. The summed E-state index contributed by atoms with van der Waals surface area (Å²) >= 11 is 12.5. The number of aromatic nitrogens is 1. The molecule has 1 saturated carbocycles. The van der Waals surface area contributed by atoms with E-state index >= 15 is 0 Å². The molecule has 0 aliphatic heterocycles. The molecule has 4 nitrogen and oxygen atoms in total. The van der Waals surface area contributed by atoms with Crippen LogP contribution >= 0.6 is 23.2 Å². The van der Waals surface area contributed by atoms with Gasteiger partial charge >= 0.3 is 5.97 Å². The minimum absolute atomic E-state index is 0.0445. The summed E-state index contributed by atoms with van der Waals surface area (Å²) in [6.45, 7) is -0.0445. The number of rotatable bonds is 4. The maximum absolute atomic E-state index is 12.4. The standard InChI is InChI=1S/C24H19Cl2NO3/c25-21-8-4-3-7-20(21)23-14-19(30-27-23)15-29-24(28)18-12-11-17(22(26)13-18)10-9-16-5-1-2-6-16/h3-4,7-8,11-14,16H,1-2,5-6,15H2. The predicted molar refractivity (Wildman–Crippen MR) is 116 cm³/mol. The summed E-state index contributed by atoms with van der Waals surface area (Å²) in [5.74, 6) is 6.78. The van der Waals surface area contributed by atoms with Gasteiger partial charge in [0.25, 0.3) is 0 Å². The lowest BCUT2D eigenvalue weighted by Crippen LogP contribution is -2.05. The molecule has 0 saturated heterocycles. The number of ether oxygens (including phenoxy) is 1. The molecule has 1 aliphatic rings. The monoisotopic (exact) mass is 439 g/mol. The Morgan fingerprint density at radius 3 is 2.67 bits per heavy atom. The van der Waals surface area contributed by atoms with Gasteiger partial charge in [0.1, 0.15) is 5.69 Å². The molecule has 0 N–H and O–H groups in total. The number of nitrogens with zero attached hydrogens (tertiary/aromatic N) is 1. The van der Waals surface area contributed by atoms with Crippen molar-refractivity contribution in [1.82, 2.24) is 5.16 Å². The molecule has 1 aliphatic carbocycles. The van der Waals surface area contributed by atoms with Crippen molar-refractivity contribution in [2.45, 2.75) is 32.3 Å². The Labute approximate surface area is 185 Å². The molecule has 0 radical (unpaired) electrons. The summed E-state index contributed by atoms with van der Waals surface area (Å²) in [4.78, 5) is 12.4. The number of carbonyl (C=O) groups is 1. The zero-order valence-corrected chi connectivity index (χ0v) is 17.7. The Morgan fingerprint density at radius 1 is 1.10 bits per heavy atom. The Bertz CT molecular complexity index is 1120. The van der Waals surface area contributed by atoms with E-state index in [1.54, 1.807) is 30.3 Å². The molecule has 6 heteroatoms. The van der Waals surface area contributed by atoms with Gasteiger partial charge in [0.2, 0.25) is 0 Å². The Morgan fingerprint density at radius 2 is 1.90 bits per heavy atom. The zero-order valence-electron chi connectivity index (χ0n) is 16.2. The molecule has 0 atom stereocenters. The average molecular weight is 440 g/mol. The van der Waals surface area contributed by atoms with Crippen LogP contribution in [0.5, 0.6) is 0 Å². The molecule has 152 valence electrons. The van der Waals surface area contributed by atoms with E-state index in [-0.39, 0.29) is 6.61 Å². The molecule has 0 bridgehead atoms. The van der Waals surface area contributed by atoms with Gasteiger partial charge in [-0.05, 0) is 37.1 Å². The SMILES string of the molecule is O=C(OCc1cc(-c2ccccc2Cl)no1)c1ccc(C#CC2CCCC2)c(Cl)c1. The van der Waals surface area contributed by atoms with Crippen LogP contribution in [-0.2, 0) is 11.3 Å². The van der Waals surface area contributed by atoms with Gasteiger partial charge in [-0.2, -0.15) is 0 Å². The summed E-state index contributed by atoms with van der Waals surface area (Å²) in [7, 11) is 0. The van der Waals surface area contributed by atoms with E-state index in [9.17, 15) is 4.79 Å². The van der Waals surface area contributed by atoms with E-state index in [0.717, 1.165) is 24.0 Å². The first-order chi connectivity index (χ1) is 14.6. The molecule has 2 aromatic carbocycles. The van der Waals surface area contributed by atoms with Crippen molar-refractivity contribution in [2.24, 2.45) is 5.92 Å². The predicted octanol–water partition coefficient (Wildman–Crippen LogP) is 6.55. The third kappa shape index (κ3) is 4.87. The van der Waals surface area contributed by atoms with E-state index in [2.05, 4.69) is 17.0 Å². The van der Waals surface area contributed by atoms with Crippen molar-refractivity contribution in [3.63, 3.8) is 0 Å². The third-order valence-electron chi connectivity index (χ3n) is 5.03. The lowest BCUT2D eigenvalue weighted by atomic mass is 10.1. The summed E-state index contributed by atoms with van der Waals surface area (Å²) < 4.78 is 10.6. The van der Waals surface area contributed by atoms with Crippen molar-refractivity contribution in [3.8, 4) is 23.1 Å². The van der Waals surface area contributed by atoms with E-state index < -0.39 is 5.97 Å². The van der Waals surface area contributed by atoms with Crippen LogP contribution in [0.1, 0.15) is 47.4 Å².